The number of fused-ring (bicyclic) bond motifs is 1. The first kappa shape index (κ1) is 16.1. The SMILES string of the molecule is Cc1oc2cc(O)ccc2c(=O)c1Oc1ccccc1C(C)(C)C. The monoisotopic (exact) mass is 324 g/mol. The number of hydrogen-bond donors (Lipinski definition) is 1. The normalized spacial score (nSPS) is 11.7. The van der Waals surface area contributed by atoms with Gasteiger partial charge in [-0.2, -0.15) is 0 Å². The summed E-state index contributed by atoms with van der Waals surface area (Å²) in [5, 5.41) is 9.93. The summed E-state index contributed by atoms with van der Waals surface area (Å²) in [6.07, 6.45) is 0. The minimum absolute atomic E-state index is 0.0526. The first-order valence-corrected chi connectivity index (χ1v) is 7.81. The van der Waals surface area contributed by atoms with Crippen molar-refractivity contribution in [3.8, 4) is 17.2 Å². The highest BCUT2D eigenvalue weighted by Gasteiger charge is 2.21. The molecule has 4 heteroatoms. The Hall–Kier alpha value is -2.75. The molecule has 0 spiro atoms. The third kappa shape index (κ3) is 2.87. The highest BCUT2D eigenvalue weighted by atomic mass is 16.5. The largest absolute Gasteiger partial charge is 0.508 e. The predicted molar refractivity (Wildman–Crippen MR) is 94.1 cm³/mol. The van der Waals surface area contributed by atoms with Gasteiger partial charge in [0.25, 0.3) is 0 Å². The van der Waals surface area contributed by atoms with Gasteiger partial charge < -0.3 is 14.3 Å². The van der Waals surface area contributed by atoms with Gasteiger partial charge in [-0.15, -0.1) is 0 Å². The Balaban J connectivity index is 2.16. The molecule has 0 aliphatic carbocycles. The third-order valence-electron chi connectivity index (χ3n) is 3.91. The predicted octanol–water partition coefficient (Wildman–Crippen LogP) is 4.90. The molecule has 0 unspecified atom stereocenters. The molecule has 0 aliphatic rings. The van der Waals surface area contributed by atoms with Gasteiger partial charge in [0.2, 0.25) is 11.2 Å². The van der Waals surface area contributed by atoms with Crippen LogP contribution in [0.5, 0.6) is 17.2 Å². The Morgan fingerprint density at radius 3 is 2.50 bits per heavy atom. The lowest BCUT2D eigenvalue weighted by molar-refractivity contribution is 0.420. The molecule has 124 valence electrons. The van der Waals surface area contributed by atoms with Crippen molar-refractivity contribution in [2.75, 3.05) is 0 Å². The van der Waals surface area contributed by atoms with Crippen LogP contribution in [0.3, 0.4) is 0 Å². The number of phenolic OH excluding ortho intramolecular Hbond substituents is 1. The molecule has 3 aromatic rings. The first-order chi connectivity index (χ1) is 11.3. The Labute approximate surface area is 140 Å². The van der Waals surface area contributed by atoms with E-state index in [2.05, 4.69) is 20.8 Å². The van der Waals surface area contributed by atoms with Crippen molar-refractivity contribution in [1.82, 2.24) is 0 Å². The molecule has 0 radical (unpaired) electrons. The van der Waals surface area contributed by atoms with Gasteiger partial charge in [-0.1, -0.05) is 39.0 Å². The minimum atomic E-state index is -0.252. The Morgan fingerprint density at radius 2 is 1.79 bits per heavy atom. The highest BCUT2D eigenvalue weighted by Crippen LogP contribution is 2.34. The second-order valence-corrected chi connectivity index (χ2v) is 6.85. The van der Waals surface area contributed by atoms with Gasteiger partial charge in [0.1, 0.15) is 22.8 Å². The van der Waals surface area contributed by atoms with Gasteiger partial charge in [0.05, 0.1) is 5.39 Å². The van der Waals surface area contributed by atoms with E-state index in [9.17, 15) is 9.90 Å². The van der Waals surface area contributed by atoms with Crippen LogP contribution in [0.1, 0.15) is 32.1 Å². The summed E-state index contributed by atoms with van der Waals surface area (Å²) in [4.78, 5) is 12.8. The van der Waals surface area contributed by atoms with Crippen LogP contribution in [0.15, 0.2) is 51.7 Å². The molecule has 24 heavy (non-hydrogen) atoms. The lowest BCUT2D eigenvalue weighted by atomic mass is 9.86. The lowest BCUT2D eigenvalue weighted by Crippen LogP contribution is -2.14. The maximum absolute atomic E-state index is 12.8. The summed E-state index contributed by atoms with van der Waals surface area (Å²) in [6.45, 7) is 7.95. The van der Waals surface area contributed by atoms with E-state index < -0.39 is 0 Å². The first-order valence-electron chi connectivity index (χ1n) is 7.81. The summed E-state index contributed by atoms with van der Waals surface area (Å²) in [5.74, 6) is 1.24. The number of benzene rings is 2. The zero-order chi connectivity index (χ0) is 17.5. The number of aryl methyl sites for hydroxylation is 1. The molecule has 0 saturated heterocycles. The molecule has 4 nitrogen and oxygen atoms in total. The van der Waals surface area contributed by atoms with Crippen LogP contribution in [0.2, 0.25) is 0 Å². The van der Waals surface area contributed by atoms with Crippen LogP contribution in [0.4, 0.5) is 0 Å². The molecule has 1 heterocycles. The van der Waals surface area contributed by atoms with E-state index >= 15 is 0 Å². The Bertz CT molecular complexity index is 962. The molecule has 0 bridgehead atoms. The molecule has 3 rings (SSSR count). The molecule has 0 fully saturated rings. The van der Waals surface area contributed by atoms with Crippen molar-refractivity contribution < 1.29 is 14.3 Å². The minimum Gasteiger partial charge on any atom is -0.508 e. The van der Waals surface area contributed by atoms with Crippen LogP contribution < -0.4 is 10.2 Å². The summed E-state index contributed by atoms with van der Waals surface area (Å²) < 4.78 is 11.6. The summed E-state index contributed by atoms with van der Waals surface area (Å²) >= 11 is 0. The molecule has 1 aromatic heterocycles. The maximum Gasteiger partial charge on any atom is 0.235 e. The summed E-state index contributed by atoms with van der Waals surface area (Å²) in [5.41, 5.74) is 0.980. The smallest absolute Gasteiger partial charge is 0.235 e. The molecule has 0 aliphatic heterocycles. The quantitative estimate of drug-likeness (QED) is 0.728. The van der Waals surface area contributed by atoms with E-state index in [1.54, 1.807) is 13.0 Å². The van der Waals surface area contributed by atoms with Crippen LogP contribution in [0.25, 0.3) is 11.0 Å². The van der Waals surface area contributed by atoms with E-state index in [1.165, 1.54) is 12.1 Å². The van der Waals surface area contributed by atoms with Crippen LogP contribution >= 0.6 is 0 Å². The van der Waals surface area contributed by atoms with Crippen LogP contribution in [0, 0.1) is 6.92 Å². The highest BCUT2D eigenvalue weighted by molar-refractivity contribution is 5.79. The van der Waals surface area contributed by atoms with Gasteiger partial charge in [0.15, 0.2) is 0 Å². The number of rotatable bonds is 2. The molecular formula is C20H20O4. The van der Waals surface area contributed by atoms with Gasteiger partial charge in [-0.3, -0.25) is 4.79 Å². The van der Waals surface area contributed by atoms with Crippen molar-refractivity contribution in [2.24, 2.45) is 0 Å². The van der Waals surface area contributed by atoms with Crippen molar-refractivity contribution >= 4 is 11.0 Å². The number of ether oxygens (including phenoxy) is 1. The number of para-hydroxylation sites is 1. The Kier molecular flexibility index (Phi) is 3.84. The van der Waals surface area contributed by atoms with Crippen molar-refractivity contribution in [1.29, 1.82) is 0 Å². The van der Waals surface area contributed by atoms with Gasteiger partial charge >= 0.3 is 0 Å². The number of phenols is 1. The second-order valence-electron chi connectivity index (χ2n) is 6.85. The van der Waals surface area contributed by atoms with Crippen LogP contribution in [-0.4, -0.2) is 5.11 Å². The average Bonchev–Trinajstić information content (AvgIpc) is 2.50. The van der Waals surface area contributed by atoms with E-state index in [-0.39, 0.29) is 22.3 Å². The van der Waals surface area contributed by atoms with E-state index in [1.807, 2.05) is 24.3 Å². The molecule has 0 amide bonds. The van der Waals surface area contributed by atoms with Crippen molar-refractivity contribution in [2.45, 2.75) is 33.1 Å². The van der Waals surface area contributed by atoms with Gasteiger partial charge in [-0.05, 0) is 30.5 Å². The van der Waals surface area contributed by atoms with E-state index in [0.717, 1.165) is 5.56 Å². The van der Waals surface area contributed by atoms with Gasteiger partial charge in [-0.25, -0.2) is 0 Å². The third-order valence-corrected chi connectivity index (χ3v) is 3.91. The standard InChI is InChI=1S/C20H20O4/c1-12-19(18(22)14-10-9-13(21)11-17(14)23-12)24-16-8-6-5-7-15(16)20(2,3)4/h5-11,21H,1-4H3. The van der Waals surface area contributed by atoms with Crippen molar-refractivity contribution in [3.05, 3.63) is 64.0 Å². The molecule has 1 N–H and O–H groups in total. The molecule has 2 aromatic carbocycles. The fourth-order valence-corrected chi connectivity index (χ4v) is 2.68. The maximum atomic E-state index is 12.8. The zero-order valence-corrected chi connectivity index (χ0v) is 14.2. The zero-order valence-electron chi connectivity index (χ0n) is 14.2. The Morgan fingerprint density at radius 1 is 1.08 bits per heavy atom. The lowest BCUT2D eigenvalue weighted by Gasteiger charge is -2.22. The second kappa shape index (κ2) is 5.71. The molecular weight excluding hydrogens is 304 g/mol. The van der Waals surface area contributed by atoms with Crippen LogP contribution in [-0.2, 0) is 5.41 Å². The van der Waals surface area contributed by atoms with E-state index in [4.69, 9.17) is 9.15 Å². The van der Waals surface area contributed by atoms with E-state index in [0.29, 0.717) is 22.5 Å². The van der Waals surface area contributed by atoms with Gasteiger partial charge in [0, 0.05) is 11.6 Å². The number of aromatic hydroxyl groups is 1. The fourth-order valence-electron chi connectivity index (χ4n) is 2.68. The van der Waals surface area contributed by atoms with Crippen molar-refractivity contribution in [3.63, 3.8) is 0 Å². The average molecular weight is 324 g/mol. The molecule has 0 saturated carbocycles. The summed E-state index contributed by atoms with van der Waals surface area (Å²) in [6, 6.07) is 12.1. The number of hydrogen-bond acceptors (Lipinski definition) is 4. The summed E-state index contributed by atoms with van der Waals surface area (Å²) in [7, 11) is 0. The molecule has 0 atom stereocenters. The fraction of sp³-hybridized carbons (Fsp3) is 0.250. The topological polar surface area (TPSA) is 59.7 Å².